The van der Waals surface area contributed by atoms with Crippen LogP contribution >= 0.6 is 11.6 Å². The van der Waals surface area contributed by atoms with E-state index >= 15 is 0 Å². The van der Waals surface area contributed by atoms with Crippen molar-refractivity contribution in [3.63, 3.8) is 0 Å². The van der Waals surface area contributed by atoms with E-state index in [0.717, 1.165) is 16.9 Å². The Morgan fingerprint density at radius 3 is 2.55 bits per heavy atom. The average Bonchev–Trinajstić information content (AvgIpc) is 3.42. The highest BCUT2D eigenvalue weighted by Crippen LogP contribution is 2.36. The van der Waals surface area contributed by atoms with E-state index in [2.05, 4.69) is 25.0 Å². The Bertz CT molecular complexity index is 1470. The largest absolute Gasteiger partial charge is 0.453 e. The monoisotopic (exact) mass is 537 g/mol. The van der Waals surface area contributed by atoms with Crippen LogP contribution in [0, 0.1) is 6.92 Å². The molecule has 10 nitrogen and oxygen atoms in total. The fourth-order valence-electron chi connectivity index (χ4n) is 4.60. The van der Waals surface area contributed by atoms with Gasteiger partial charge in [-0.25, -0.2) is 14.8 Å². The predicted octanol–water partition coefficient (Wildman–Crippen LogP) is 5.56. The minimum Gasteiger partial charge on any atom is -0.453 e. The van der Waals surface area contributed by atoms with Crippen LogP contribution in [0.25, 0.3) is 22.6 Å². The van der Waals surface area contributed by atoms with Crippen molar-refractivity contribution in [3.8, 4) is 22.9 Å². The van der Waals surface area contributed by atoms with Gasteiger partial charge in [-0.05, 0) is 58.9 Å². The Labute approximate surface area is 226 Å². The first-order valence-corrected chi connectivity index (χ1v) is 12.9. The number of piperazine rings is 1. The second kappa shape index (κ2) is 9.83. The summed E-state index contributed by atoms with van der Waals surface area (Å²) < 4.78 is 13.5. The third-order valence-electron chi connectivity index (χ3n) is 6.37. The Balaban J connectivity index is 1.31. The molecular weight excluding hydrogens is 506 g/mol. The van der Waals surface area contributed by atoms with Crippen molar-refractivity contribution in [2.45, 2.75) is 46.3 Å². The van der Waals surface area contributed by atoms with E-state index in [4.69, 9.17) is 21.1 Å². The lowest BCUT2D eigenvalue weighted by Crippen LogP contribution is -2.55. The maximum Gasteiger partial charge on any atom is 0.410 e. The molecule has 1 aromatic carbocycles. The van der Waals surface area contributed by atoms with Crippen molar-refractivity contribution in [3.05, 3.63) is 47.4 Å². The number of hydrogen-bond acceptors (Lipinski definition) is 7. The molecule has 1 atom stereocenters. The molecule has 4 aromatic rings. The third-order valence-corrected chi connectivity index (χ3v) is 6.64. The summed E-state index contributed by atoms with van der Waals surface area (Å²) in [5.41, 5.74) is 3.41. The number of pyridine rings is 1. The molecule has 1 fully saturated rings. The molecule has 1 saturated heterocycles. The van der Waals surface area contributed by atoms with Gasteiger partial charge in [0.2, 0.25) is 0 Å². The number of rotatable bonds is 4. The lowest BCUT2D eigenvalue weighted by molar-refractivity contribution is 0.0159. The maximum absolute atomic E-state index is 12.5. The SMILES string of the molecule is Cc1nn(C)cc1-c1nc2ncc(Cl)c(Oc3ccc(N4CCN(C(=O)OC(C)(C)C)[C@@H](C)C4)cc3)c2[nH]1. The van der Waals surface area contributed by atoms with Gasteiger partial charge in [-0.15, -0.1) is 0 Å². The number of fused-ring (bicyclic) bond motifs is 1. The average molecular weight is 538 g/mol. The Morgan fingerprint density at radius 2 is 1.92 bits per heavy atom. The van der Waals surface area contributed by atoms with Crippen molar-refractivity contribution in [1.29, 1.82) is 0 Å². The third kappa shape index (κ3) is 5.26. The van der Waals surface area contributed by atoms with Crippen molar-refractivity contribution >= 4 is 34.5 Å². The first kappa shape index (κ1) is 25.8. The molecule has 38 heavy (non-hydrogen) atoms. The molecule has 11 heteroatoms. The Hall–Kier alpha value is -3.79. The summed E-state index contributed by atoms with van der Waals surface area (Å²) in [7, 11) is 1.87. The summed E-state index contributed by atoms with van der Waals surface area (Å²) in [6.45, 7) is 11.6. The summed E-state index contributed by atoms with van der Waals surface area (Å²) in [4.78, 5) is 28.9. The molecule has 1 aliphatic heterocycles. The van der Waals surface area contributed by atoms with Crippen LogP contribution in [-0.4, -0.2) is 67.0 Å². The van der Waals surface area contributed by atoms with Crippen LogP contribution in [0.2, 0.25) is 5.02 Å². The van der Waals surface area contributed by atoms with E-state index in [0.29, 0.717) is 53.1 Å². The lowest BCUT2D eigenvalue weighted by atomic mass is 10.1. The number of aromatic nitrogens is 5. The fourth-order valence-corrected chi connectivity index (χ4v) is 4.78. The highest BCUT2D eigenvalue weighted by molar-refractivity contribution is 6.32. The van der Waals surface area contributed by atoms with Gasteiger partial charge in [0.1, 0.15) is 27.7 Å². The first-order chi connectivity index (χ1) is 18.0. The molecule has 0 saturated carbocycles. The van der Waals surface area contributed by atoms with Crippen LogP contribution in [0.4, 0.5) is 10.5 Å². The number of nitrogens with one attached hydrogen (secondary N) is 1. The molecule has 1 amide bonds. The summed E-state index contributed by atoms with van der Waals surface area (Å²) in [6.07, 6.45) is 3.18. The molecule has 0 spiro atoms. The second-order valence-corrected chi connectivity index (χ2v) is 11.0. The number of carbonyl (C=O) groups excluding carboxylic acids is 1. The van der Waals surface area contributed by atoms with Gasteiger partial charge in [0.25, 0.3) is 0 Å². The van der Waals surface area contributed by atoms with Crippen LogP contribution in [0.5, 0.6) is 11.5 Å². The normalized spacial score (nSPS) is 16.2. The zero-order valence-corrected chi connectivity index (χ0v) is 23.2. The van der Waals surface area contributed by atoms with E-state index in [1.165, 1.54) is 0 Å². The molecule has 4 heterocycles. The number of aryl methyl sites for hydroxylation is 2. The topological polar surface area (TPSA) is 101 Å². The van der Waals surface area contributed by atoms with E-state index < -0.39 is 5.60 Å². The van der Waals surface area contributed by atoms with Gasteiger partial charge in [-0.3, -0.25) is 4.68 Å². The molecule has 1 aliphatic rings. The number of amides is 1. The molecule has 5 rings (SSSR count). The molecule has 0 aliphatic carbocycles. The summed E-state index contributed by atoms with van der Waals surface area (Å²) in [5, 5.41) is 4.77. The number of aromatic amines is 1. The van der Waals surface area contributed by atoms with E-state index in [-0.39, 0.29) is 12.1 Å². The number of ether oxygens (including phenoxy) is 2. The molecule has 0 radical (unpaired) electrons. The van der Waals surface area contributed by atoms with Gasteiger partial charge >= 0.3 is 6.09 Å². The number of halogens is 1. The zero-order chi connectivity index (χ0) is 27.2. The highest BCUT2D eigenvalue weighted by Gasteiger charge is 2.31. The Kier molecular flexibility index (Phi) is 6.68. The molecular formula is C27H32ClN7O3. The van der Waals surface area contributed by atoms with Crippen LogP contribution < -0.4 is 9.64 Å². The van der Waals surface area contributed by atoms with Crippen LogP contribution in [0.3, 0.4) is 0 Å². The molecule has 0 unspecified atom stereocenters. The van der Waals surface area contributed by atoms with E-state index in [9.17, 15) is 4.79 Å². The predicted molar refractivity (Wildman–Crippen MR) is 147 cm³/mol. The van der Waals surface area contributed by atoms with E-state index in [1.54, 1.807) is 15.8 Å². The molecule has 1 N–H and O–H groups in total. The van der Waals surface area contributed by atoms with Crippen molar-refractivity contribution < 1.29 is 14.3 Å². The highest BCUT2D eigenvalue weighted by atomic mass is 35.5. The van der Waals surface area contributed by atoms with Crippen LogP contribution in [0.15, 0.2) is 36.7 Å². The van der Waals surface area contributed by atoms with Crippen molar-refractivity contribution in [2.75, 3.05) is 24.5 Å². The van der Waals surface area contributed by atoms with Gasteiger partial charge < -0.3 is 24.3 Å². The number of nitrogens with zero attached hydrogens (tertiary/aromatic N) is 6. The van der Waals surface area contributed by atoms with Gasteiger partial charge in [-0.2, -0.15) is 5.10 Å². The number of benzene rings is 1. The maximum atomic E-state index is 12.5. The van der Waals surface area contributed by atoms with Gasteiger partial charge in [0.15, 0.2) is 11.4 Å². The van der Waals surface area contributed by atoms with Crippen LogP contribution in [0.1, 0.15) is 33.4 Å². The standard InChI is InChI=1S/C27H32ClN7O3/c1-16-14-34(11-12-35(16)26(36)38-27(3,4)5)18-7-9-19(10-8-18)37-23-21(28)13-29-25-22(23)30-24(31-25)20-15-33(6)32-17(20)2/h7-10,13,15-16H,11-12,14H2,1-6H3,(H,29,30,31)/t16-/m0/s1. The van der Waals surface area contributed by atoms with Gasteiger partial charge in [0, 0.05) is 44.6 Å². The van der Waals surface area contributed by atoms with Crippen molar-refractivity contribution in [1.82, 2.24) is 29.6 Å². The summed E-state index contributed by atoms with van der Waals surface area (Å²) in [5.74, 6) is 1.75. The molecule has 0 bridgehead atoms. The first-order valence-electron chi connectivity index (χ1n) is 12.6. The Morgan fingerprint density at radius 1 is 1.18 bits per heavy atom. The molecule has 200 valence electrons. The second-order valence-electron chi connectivity index (χ2n) is 10.6. The number of imidazole rings is 1. The van der Waals surface area contributed by atoms with Gasteiger partial charge in [0.05, 0.1) is 17.5 Å². The van der Waals surface area contributed by atoms with E-state index in [1.807, 2.05) is 72.1 Å². The van der Waals surface area contributed by atoms with Crippen molar-refractivity contribution in [2.24, 2.45) is 7.05 Å². The lowest BCUT2D eigenvalue weighted by Gasteiger charge is -2.41. The minimum absolute atomic E-state index is 0.0245. The zero-order valence-electron chi connectivity index (χ0n) is 22.4. The summed E-state index contributed by atoms with van der Waals surface area (Å²) >= 11 is 6.49. The molecule has 3 aromatic heterocycles. The number of carbonyl (C=O) groups is 1. The smallest absolute Gasteiger partial charge is 0.410 e. The van der Waals surface area contributed by atoms with Crippen LogP contribution in [-0.2, 0) is 11.8 Å². The number of H-pyrrole nitrogens is 1. The quantitative estimate of drug-likeness (QED) is 0.363. The summed E-state index contributed by atoms with van der Waals surface area (Å²) in [6, 6.07) is 7.86. The number of anilines is 1. The minimum atomic E-state index is -0.511. The van der Waals surface area contributed by atoms with Gasteiger partial charge in [-0.1, -0.05) is 11.6 Å². The fraction of sp³-hybridized carbons (Fsp3) is 0.407. The number of hydrogen-bond donors (Lipinski definition) is 1.